The predicted octanol–water partition coefficient (Wildman–Crippen LogP) is 7.71. The molecule has 4 nitrogen and oxygen atoms in total. The van der Waals surface area contributed by atoms with E-state index in [1.807, 2.05) is 18.2 Å². The Labute approximate surface area is 195 Å². The fourth-order valence-corrected chi connectivity index (χ4v) is 3.84. The van der Waals surface area contributed by atoms with E-state index < -0.39 is 5.91 Å². The van der Waals surface area contributed by atoms with Crippen molar-refractivity contribution in [1.82, 2.24) is 0 Å². The molecule has 0 fully saturated rings. The van der Waals surface area contributed by atoms with Gasteiger partial charge < -0.3 is 15.2 Å². The molecule has 0 aliphatic carbocycles. The highest BCUT2D eigenvalue weighted by molar-refractivity contribution is 6.37. The maximum atomic E-state index is 12.2. The maximum Gasteiger partial charge on any atom is 0.262 e. The molecule has 2 aromatic rings. The Kier molecular flexibility index (Phi) is 11.0. The van der Waals surface area contributed by atoms with E-state index >= 15 is 0 Å². The van der Waals surface area contributed by atoms with Crippen molar-refractivity contribution in [3.63, 3.8) is 0 Å². The van der Waals surface area contributed by atoms with Gasteiger partial charge in [0.25, 0.3) is 5.91 Å². The number of aromatic hydroxyl groups is 1. The summed E-state index contributed by atoms with van der Waals surface area (Å²) in [4.78, 5) is 12.2. The number of hydrogen-bond donors (Lipinski definition) is 2. The third-order valence-corrected chi connectivity index (χ3v) is 6.14. The van der Waals surface area contributed by atoms with E-state index in [1.54, 1.807) is 6.92 Å². The van der Waals surface area contributed by atoms with Crippen molar-refractivity contribution in [3.8, 4) is 11.5 Å². The number of unbranched alkanes of at least 4 members (excludes halogenated alkanes) is 7. The third kappa shape index (κ3) is 8.62. The summed E-state index contributed by atoms with van der Waals surface area (Å²) in [6.45, 7) is 3.76. The zero-order valence-electron chi connectivity index (χ0n) is 18.5. The highest BCUT2D eigenvalue weighted by atomic mass is 35.5. The molecule has 0 radical (unpaired) electrons. The van der Waals surface area contributed by atoms with Crippen LogP contribution in [0.2, 0.25) is 10.0 Å². The number of aryl methyl sites for hydroxylation is 1. The average molecular weight is 466 g/mol. The molecule has 0 atom stereocenters. The highest BCUT2D eigenvalue weighted by Gasteiger charge is 2.15. The number of carbonyl (C=O) groups excluding carboxylic acids is 1. The molecule has 0 unspecified atom stereocenters. The van der Waals surface area contributed by atoms with Gasteiger partial charge >= 0.3 is 0 Å². The van der Waals surface area contributed by atoms with E-state index in [4.69, 9.17) is 27.9 Å². The lowest BCUT2D eigenvalue weighted by molar-refractivity contribution is -0.118. The minimum Gasteiger partial charge on any atom is -0.504 e. The molecule has 2 rings (SSSR count). The van der Waals surface area contributed by atoms with Crippen molar-refractivity contribution in [2.24, 2.45) is 0 Å². The lowest BCUT2D eigenvalue weighted by atomic mass is 10.0. The number of phenolic OH excluding ortho intramolecular Hbond substituents is 1. The van der Waals surface area contributed by atoms with Gasteiger partial charge in [-0.25, -0.2) is 0 Å². The van der Waals surface area contributed by atoms with Crippen molar-refractivity contribution in [3.05, 3.63) is 51.5 Å². The number of carbonyl (C=O) groups is 1. The lowest BCUT2D eigenvalue weighted by Crippen LogP contribution is -2.20. The molecule has 0 bridgehead atoms. The van der Waals surface area contributed by atoms with Crippen LogP contribution in [0.1, 0.15) is 69.4 Å². The van der Waals surface area contributed by atoms with Gasteiger partial charge in [-0.05, 0) is 49.1 Å². The van der Waals surface area contributed by atoms with Crippen LogP contribution >= 0.6 is 23.2 Å². The Bertz CT molecular complexity index is 855. The number of hydrogen-bond acceptors (Lipinski definition) is 3. The third-order valence-electron chi connectivity index (χ3n) is 5.28. The van der Waals surface area contributed by atoms with Crippen molar-refractivity contribution < 1.29 is 14.6 Å². The normalized spacial score (nSPS) is 10.8. The molecule has 0 aliphatic heterocycles. The molecule has 31 heavy (non-hydrogen) atoms. The van der Waals surface area contributed by atoms with Crippen LogP contribution in [0.15, 0.2) is 30.3 Å². The second-order valence-corrected chi connectivity index (χ2v) is 8.69. The minimum absolute atomic E-state index is 0.123. The SMILES string of the molecule is CCCCCCCCCCc1cccc(OCC(=O)Nc2cc(Cl)c(C)c(Cl)c2O)c1. The number of phenols is 1. The van der Waals surface area contributed by atoms with Gasteiger partial charge in [-0.2, -0.15) is 0 Å². The molecule has 2 aromatic carbocycles. The molecule has 170 valence electrons. The molecule has 6 heteroatoms. The summed E-state index contributed by atoms with van der Waals surface area (Å²) < 4.78 is 5.63. The highest BCUT2D eigenvalue weighted by Crippen LogP contribution is 2.38. The van der Waals surface area contributed by atoms with Crippen molar-refractivity contribution in [2.75, 3.05) is 11.9 Å². The standard InChI is InChI=1S/C25H33Cl2NO3/c1-3-4-5-6-7-8-9-10-12-19-13-11-14-20(15-19)31-17-23(29)28-22-16-21(26)18(2)24(27)25(22)30/h11,13-16,30H,3-10,12,17H2,1-2H3,(H,28,29). The van der Waals surface area contributed by atoms with Gasteiger partial charge in [-0.15, -0.1) is 0 Å². The second-order valence-electron chi connectivity index (χ2n) is 7.90. The largest absolute Gasteiger partial charge is 0.504 e. The fourth-order valence-electron chi connectivity index (χ4n) is 3.39. The molecule has 0 saturated heterocycles. The summed E-state index contributed by atoms with van der Waals surface area (Å²) >= 11 is 12.1. The number of halogens is 2. The van der Waals surface area contributed by atoms with Gasteiger partial charge in [0.05, 0.1) is 10.7 Å². The van der Waals surface area contributed by atoms with Crippen LogP contribution in [0.4, 0.5) is 5.69 Å². The number of amides is 1. The van der Waals surface area contributed by atoms with Crippen LogP contribution in [0.25, 0.3) is 0 Å². The van der Waals surface area contributed by atoms with Gasteiger partial charge in [0.1, 0.15) is 5.75 Å². The summed E-state index contributed by atoms with van der Waals surface area (Å²) in [5, 5.41) is 13.2. The van der Waals surface area contributed by atoms with Gasteiger partial charge in [0.15, 0.2) is 12.4 Å². The first-order valence-corrected chi connectivity index (χ1v) is 11.9. The first-order valence-electron chi connectivity index (χ1n) is 11.1. The van der Waals surface area contributed by atoms with Crippen LogP contribution in [0.3, 0.4) is 0 Å². The summed E-state index contributed by atoms with van der Waals surface area (Å²) in [6, 6.07) is 9.31. The molecule has 0 aliphatic rings. The summed E-state index contributed by atoms with van der Waals surface area (Å²) in [7, 11) is 0. The Morgan fingerprint density at radius 2 is 1.71 bits per heavy atom. The maximum absolute atomic E-state index is 12.2. The average Bonchev–Trinajstić information content (AvgIpc) is 2.76. The van der Waals surface area contributed by atoms with E-state index in [9.17, 15) is 9.90 Å². The number of anilines is 1. The number of nitrogens with one attached hydrogen (secondary N) is 1. The summed E-state index contributed by atoms with van der Waals surface area (Å²) in [5.74, 6) is 0.0421. The molecule has 0 spiro atoms. The number of rotatable bonds is 13. The molecule has 1 amide bonds. The molecule has 0 heterocycles. The predicted molar refractivity (Wildman–Crippen MR) is 130 cm³/mol. The van der Waals surface area contributed by atoms with Gasteiger partial charge in [0.2, 0.25) is 0 Å². The van der Waals surface area contributed by atoms with E-state index in [1.165, 1.54) is 56.6 Å². The molecule has 2 N–H and O–H groups in total. The smallest absolute Gasteiger partial charge is 0.262 e. The Balaban J connectivity index is 1.76. The monoisotopic (exact) mass is 465 g/mol. The van der Waals surface area contributed by atoms with E-state index in [0.29, 0.717) is 16.3 Å². The number of ether oxygens (including phenoxy) is 1. The zero-order chi connectivity index (χ0) is 22.6. The molecule has 0 aromatic heterocycles. The van der Waals surface area contributed by atoms with E-state index in [0.717, 1.165) is 12.8 Å². The first kappa shape index (κ1) is 25.4. The van der Waals surface area contributed by atoms with Gasteiger partial charge in [-0.1, -0.05) is 87.2 Å². The van der Waals surface area contributed by atoms with E-state index in [-0.39, 0.29) is 23.1 Å². The lowest BCUT2D eigenvalue weighted by Gasteiger charge is -2.12. The summed E-state index contributed by atoms with van der Waals surface area (Å²) in [6.07, 6.45) is 11.4. The Morgan fingerprint density at radius 3 is 2.42 bits per heavy atom. The molecule has 0 saturated carbocycles. The fraction of sp³-hybridized carbons (Fsp3) is 0.480. The Morgan fingerprint density at radius 1 is 1.03 bits per heavy atom. The first-order chi connectivity index (χ1) is 14.9. The Hall–Kier alpha value is -1.91. The van der Waals surface area contributed by atoms with Crippen LogP contribution in [0, 0.1) is 6.92 Å². The number of benzene rings is 2. The second kappa shape index (κ2) is 13.5. The topological polar surface area (TPSA) is 58.6 Å². The summed E-state index contributed by atoms with van der Waals surface area (Å²) in [5.41, 5.74) is 1.93. The molecular formula is C25H33Cl2NO3. The van der Waals surface area contributed by atoms with Crippen molar-refractivity contribution in [1.29, 1.82) is 0 Å². The van der Waals surface area contributed by atoms with Gasteiger partial charge in [-0.3, -0.25) is 4.79 Å². The van der Waals surface area contributed by atoms with Crippen LogP contribution in [0.5, 0.6) is 11.5 Å². The molecular weight excluding hydrogens is 433 g/mol. The van der Waals surface area contributed by atoms with Crippen LogP contribution < -0.4 is 10.1 Å². The van der Waals surface area contributed by atoms with Crippen molar-refractivity contribution >= 4 is 34.8 Å². The van der Waals surface area contributed by atoms with Gasteiger partial charge in [0, 0.05) is 5.02 Å². The van der Waals surface area contributed by atoms with Crippen molar-refractivity contribution in [2.45, 2.75) is 71.6 Å². The quantitative estimate of drug-likeness (QED) is 0.235. The van der Waals surface area contributed by atoms with E-state index in [2.05, 4.69) is 18.3 Å². The zero-order valence-corrected chi connectivity index (χ0v) is 20.0. The minimum atomic E-state index is -0.403. The van der Waals surface area contributed by atoms with Crippen LogP contribution in [-0.4, -0.2) is 17.6 Å². The van der Waals surface area contributed by atoms with Crippen LogP contribution in [-0.2, 0) is 11.2 Å².